The maximum atomic E-state index is 3.64. The molecule has 0 aromatic rings. The summed E-state index contributed by atoms with van der Waals surface area (Å²) < 4.78 is 0. The van der Waals surface area contributed by atoms with Crippen LogP contribution in [0.2, 0.25) is 0 Å². The van der Waals surface area contributed by atoms with Gasteiger partial charge in [0.1, 0.15) is 0 Å². The number of nitrogens with zero attached hydrogens (tertiary/aromatic N) is 6. The smallest absolute Gasteiger partial charge is 0.0125 e. The topological polar surface area (TPSA) is 43.5 Å². The Balaban J connectivity index is -0.000000481. The molecule has 0 aromatic heterocycles. The SMILES string of the molecule is C.C.CC(C)C1CCCN(C(C)C)C1.CC(C)C1CCN(C(C)C)C1.CC(C)C1CCN(C(C)C)CC1.CC(C)CCN(C)C(C)C.CC(C)CCNC(C)C.CC(C)NC1CCC(C(C)C)CC1.CC(C)[C@@H]1CCCN(C(C)C)C1.C[C@H]1CCCN(C(C)(C)C)C1. The number of rotatable bonds is 19. The van der Waals surface area contributed by atoms with Crippen molar-refractivity contribution in [2.24, 2.45) is 76.9 Å². The molecule has 6 fully saturated rings. The van der Waals surface area contributed by atoms with E-state index < -0.39 is 0 Å². The Morgan fingerprint density at radius 2 is 0.728 bits per heavy atom. The molecule has 560 valence electrons. The molecule has 8 nitrogen and oxygen atoms in total. The zero-order valence-corrected chi connectivity index (χ0v) is 68.4. The Morgan fingerprint density at radius 1 is 0.380 bits per heavy atom. The second kappa shape index (κ2) is 54.5. The van der Waals surface area contributed by atoms with Crippen molar-refractivity contribution in [1.82, 2.24) is 40.0 Å². The van der Waals surface area contributed by atoms with E-state index in [0.29, 0.717) is 23.7 Å². The lowest BCUT2D eigenvalue weighted by atomic mass is 9.79. The number of likely N-dealkylation sites (tertiary alicyclic amines) is 5. The first-order chi connectivity index (χ1) is 41.7. The quantitative estimate of drug-likeness (QED) is 0.133. The van der Waals surface area contributed by atoms with E-state index in [1.165, 1.54) is 168 Å². The van der Waals surface area contributed by atoms with Crippen LogP contribution < -0.4 is 10.6 Å². The van der Waals surface area contributed by atoms with Crippen LogP contribution in [0.3, 0.4) is 0 Å². The molecule has 4 atom stereocenters. The molecule has 92 heavy (non-hydrogen) atoms. The van der Waals surface area contributed by atoms with Crippen LogP contribution in [-0.4, -0.2) is 169 Å². The van der Waals surface area contributed by atoms with Crippen LogP contribution in [0.1, 0.15) is 333 Å². The first kappa shape index (κ1) is 98.1. The fourth-order valence-electron chi connectivity index (χ4n) is 13.6. The molecule has 1 aliphatic carbocycles. The normalized spacial score (nSPS) is 23.3. The van der Waals surface area contributed by atoms with Gasteiger partial charge in [-0.3, -0.25) is 4.90 Å². The maximum absolute atomic E-state index is 3.64. The summed E-state index contributed by atoms with van der Waals surface area (Å²) in [5.74, 6) is 11.8. The third kappa shape index (κ3) is 49.2. The minimum absolute atomic E-state index is 0. The molecule has 6 aliphatic rings. The van der Waals surface area contributed by atoms with E-state index in [0.717, 1.165) is 114 Å². The largest absolute Gasteiger partial charge is 0.315 e. The van der Waals surface area contributed by atoms with E-state index in [2.05, 4.69) is 269 Å². The highest BCUT2D eigenvalue weighted by atomic mass is 15.2. The molecule has 0 amide bonds. The van der Waals surface area contributed by atoms with Crippen molar-refractivity contribution < 1.29 is 0 Å². The lowest BCUT2D eigenvalue weighted by Gasteiger charge is -2.40. The average molecular weight is 1310 g/mol. The Morgan fingerprint density at radius 3 is 1.02 bits per heavy atom. The van der Waals surface area contributed by atoms with Gasteiger partial charge in [-0.15, -0.1) is 0 Å². The van der Waals surface area contributed by atoms with Crippen molar-refractivity contribution in [3.05, 3.63) is 0 Å². The predicted molar refractivity (Wildman–Crippen MR) is 424 cm³/mol. The number of hydrogen-bond acceptors (Lipinski definition) is 8. The van der Waals surface area contributed by atoms with Crippen molar-refractivity contribution in [3.8, 4) is 0 Å². The van der Waals surface area contributed by atoms with E-state index >= 15 is 0 Å². The van der Waals surface area contributed by atoms with Gasteiger partial charge in [0.05, 0.1) is 0 Å². The molecular weight excluding hydrogens is 1120 g/mol. The summed E-state index contributed by atoms with van der Waals surface area (Å²) in [7, 11) is 2.19. The molecule has 5 aliphatic heterocycles. The summed E-state index contributed by atoms with van der Waals surface area (Å²) in [5, 5.41) is 7.02. The third-order valence-electron chi connectivity index (χ3n) is 21.6. The molecule has 5 heterocycles. The van der Waals surface area contributed by atoms with Gasteiger partial charge >= 0.3 is 0 Å². The lowest BCUT2D eigenvalue weighted by Crippen LogP contribution is -2.46. The van der Waals surface area contributed by atoms with Gasteiger partial charge in [0.2, 0.25) is 0 Å². The van der Waals surface area contributed by atoms with Gasteiger partial charge < -0.3 is 35.1 Å². The molecule has 2 N–H and O–H groups in total. The lowest BCUT2D eigenvalue weighted by molar-refractivity contribution is 0.0843. The summed E-state index contributed by atoms with van der Waals surface area (Å²) in [4.78, 5) is 15.4. The third-order valence-corrected chi connectivity index (χ3v) is 21.6. The second-order valence-electron chi connectivity index (χ2n) is 35.7. The minimum atomic E-state index is 0. The average Bonchev–Trinajstić information content (AvgIpc) is 1.53. The number of piperidine rings is 4. The monoisotopic (exact) mass is 1310 g/mol. The highest BCUT2D eigenvalue weighted by Gasteiger charge is 2.29. The molecule has 0 spiro atoms. The van der Waals surface area contributed by atoms with Gasteiger partial charge in [0, 0.05) is 80.1 Å². The highest BCUT2D eigenvalue weighted by Crippen LogP contribution is 2.31. The van der Waals surface area contributed by atoms with Gasteiger partial charge in [-0.2, -0.15) is 0 Å². The van der Waals surface area contributed by atoms with Gasteiger partial charge in [-0.1, -0.05) is 146 Å². The van der Waals surface area contributed by atoms with Crippen molar-refractivity contribution in [2.45, 2.75) is 387 Å². The van der Waals surface area contributed by atoms with Crippen LogP contribution in [0.4, 0.5) is 0 Å². The molecule has 0 aromatic carbocycles. The summed E-state index contributed by atoms with van der Waals surface area (Å²) in [6.07, 6.45) is 21.0. The summed E-state index contributed by atoms with van der Waals surface area (Å²) in [6, 6.07) is 5.77. The number of nitrogens with one attached hydrogen (secondary N) is 2. The van der Waals surface area contributed by atoms with Crippen LogP contribution in [0, 0.1) is 76.9 Å². The van der Waals surface area contributed by atoms with Crippen LogP contribution in [0.5, 0.6) is 0 Å². The van der Waals surface area contributed by atoms with Gasteiger partial charge in [0.15, 0.2) is 0 Å². The zero-order valence-electron chi connectivity index (χ0n) is 68.4. The van der Waals surface area contributed by atoms with E-state index in [-0.39, 0.29) is 14.9 Å². The zero-order chi connectivity index (χ0) is 69.6. The predicted octanol–water partition coefficient (Wildman–Crippen LogP) is 22.1. The van der Waals surface area contributed by atoms with Crippen LogP contribution >= 0.6 is 0 Å². The molecule has 8 heteroatoms. The van der Waals surface area contributed by atoms with Crippen molar-refractivity contribution in [3.63, 3.8) is 0 Å². The summed E-state index contributed by atoms with van der Waals surface area (Å²) in [5.41, 5.74) is 0.384. The Bertz CT molecular complexity index is 1480. The number of hydrogen-bond donors (Lipinski definition) is 2. The van der Waals surface area contributed by atoms with E-state index in [4.69, 9.17) is 0 Å². The molecule has 0 bridgehead atoms. The summed E-state index contributed by atoms with van der Waals surface area (Å²) >= 11 is 0. The van der Waals surface area contributed by atoms with E-state index in [1.807, 2.05) is 0 Å². The van der Waals surface area contributed by atoms with Crippen molar-refractivity contribution in [1.29, 1.82) is 0 Å². The first-order valence-corrected chi connectivity index (χ1v) is 39.6. The molecule has 6 rings (SSSR count). The maximum Gasteiger partial charge on any atom is 0.0125 e. The molecule has 2 unspecified atom stereocenters. The Labute approximate surface area is 586 Å². The Hall–Kier alpha value is -0.320. The highest BCUT2D eigenvalue weighted by molar-refractivity contribution is 4.84. The molecule has 0 radical (unpaired) electrons. The summed E-state index contributed by atoms with van der Waals surface area (Å²) in [6.45, 7) is 89.2. The fourth-order valence-corrected chi connectivity index (χ4v) is 13.6. The fraction of sp³-hybridized carbons (Fsp3) is 1.00. The van der Waals surface area contributed by atoms with Crippen molar-refractivity contribution in [2.75, 3.05) is 85.6 Å². The minimum Gasteiger partial charge on any atom is -0.315 e. The standard InChI is InChI=1S/C12H25N.3C11H23N.2C10H21N.C9H21N.C8H19N.2CH4/c1-9(2)11-5-7-12(8-6-11)13-10(3)4;1-9(2)11-5-7-12(8-6-11)10(3)4;2*1-9(2)11-6-5-7-12(8-11)10(3)4;1-8(2)10-5-6-11(7-10)9(3)4;1-9-6-5-7-11(8-9)10(2,3)4;1-8(2)6-7-10(5)9(3)4;1-7(2)5-6-9-8(3)4;;/h9-13H,5-8H2,1-4H3;3*9-11H,5-8H2,1-4H3;8-10H,5-7H2,1-4H3;9H,5-8H2,1-4H3;8-9H,6-7H2,1-5H3;7-9H,5-6H2,1-4H3;2*1H4/t;;11-;;;9-;;;;/m..1..0..../s1. The van der Waals surface area contributed by atoms with Gasteiger partial charge in [0.25, 0.3) is 0 Å². The van der Waals surface area contributed by atoms with Gasteiger partial charge in [-0.25, -0.2) is 0 Å². The molecule has 1 saturated carbocycles. The van der Waals surface area contributed by atoms with Crippen molar-refractivity contribution >= 4 is 0 Å². The Kier molecular flexibility index (Phi) is 58.1. The van der Waals surface area contributed by atoms with Crippen LogP contribution in [-0.2, 0) is 0 Å². The van der Waals surface area contributed by atoms with Gasteiger partial charge in [-0.05, 0) is 323 Å². The van der Waals surface area contributed by atoms with E-state index in [9.17, 15) is 0 Å². The molecular formula is C84H184N8. The second-order valence-corrected chi connectivity index (χ2v) is 35.7. The molecule has 5 saturated heterocycles. The van der Waals surface area contributed by atoms with E-state index in [1.54, 1.807) is 0 Å². The first-order valence-electron chi connectivity index (χ1n) is 39.6. The van der Waals surface area contributed by atoms with Crippen LogP contribution in [0.25, 0.3) is 0 Å². The van der Waals surface area contributed by atoms with Crippen LogP contribution in [0.15, 0.2) is 0 Å².